The van der Waals surface area contributed by atoms with Crippen LogP contribution in [0.3, 0.4) is 0 Å². The number of hydrogen-bond donors (Lipinski definition) is 1. The number of methoxy groups -OCH3 is 1. The average molecular weight is 346 g/mol. The lowest BCUT2D eigenvalue weighted by atomic mass is 9.92. The van der Waals surface area contributed by atoms with E-state index in [9.17, 15) is 0 Å². The van der Waals surface area contributed by atoms with Crippen LogP contribution in [0.4, 0.5) is 5.69 Å². The zero-order chi connectivity index (χ0) is 17.7. The molecule has 2 N–H and O–H groups in total. The van der Waals surface area contributed by atoms with E-state index in [-0.39, 0.29) is 0 Å². The van der Waals surface area contributed by atoms with E-state index < -0.39 is 0 Å². The fourth-order valence-corrected chi connectivity index (χ4v) is 4.15. The van der Waals surface area contributed by atoms with Gasteiger partial charge in [-0.25, -0.2) is 4.98 Å². The number of rotatable bonds is 3. The first-order valence-corrected chi connectivity index (χ1v) is 9.19. The van der Waals surface area contributed by atoms with Gasteiger partial charge in [-0.3, -0.25) is 9.88 Å². The molecule has 5 nitrogen and oxygen atoms in total. The van der Waals surface area contributed by atoms with E-state index in [0.717, 1.165) is 46.5 Å². The van der Waals surface area contributed by atoms with Crippen molar-refractivity contribution in [3.63, 3.8) is 0 Å². The Kier molecular flexibility index (Phi) is 3.57. The second kappa shape index (κ2) is 5.95. The number of benzene rings is 1. The minimum atomic E-state index is 0.608. The maximum Gasteiger partial charge on any atom is 0.221 e. The van der Waals surface area contributed by atoms with E-state index in [1.807, 2.05) is 18.2 Å². The molecule has 5 heteroatoms. The van der Waals surface area contributed by atoms with Gasteiger partial charge < -0.3 is 10.5 Å². The number of nitrogens with zero attached hydrogens (tertiary/aromatic N) is 3. The maximum absolute atomic E-state index is 6.60. The Balaban J connectivity index is 1.68. The summed E-state index contributed by atoms with van der Waals surface area (Å²) in [6.07, 6.45) is 5.67. The fraction of sp³-hybridized carbons (Fsp3) is 0.333. The van der Waals surface area contributed by atoms with E-state index in [0.29, 0.717) is 11.9 Å². The van der Waals surface area contributed by atoms with Crippen LogP contribution in [0.25, 0.3) is 22.0 Å². The first-order chi connectivity index (χ1) is 12.8. The van der Waals surface area contributed by atoms with Gasteiger partial charge in [0, 0.05) is 53.1 Å². The van der Waals surface area contributed by atoms with Gasteiger partial charge in [0.2, 0.25) is 5.88 Å². The summed E-state index contributed by atoms with van der Waals surface area (Å²) in [5, 5.41) is 1.02. The SMILES string of the molecule is COc1ncccc1-c1cccc2c(N)c3c(nc12)CN(C1CCC1)C3. The Bertz CT molecular complexity index is 997. The molecule has 2 aromatic heterocycles. The van der Waals surface area contributed by atoms with Gasteiger partial charge in [-0.15, -0.1) is 0 Å². The second-order valence-electron chi connectivity index (χ2n) is 7.20. The lowest BCUT2D eigenvalue weighted by Gasteiger charge is -2.34. The molecule has 1 aromatic carbocycles. The lowest BCUT2D eigenvalue weighted by Crippen LogP contribution is -2.36. The molecule has 1 fully saturated rings. The maximum atomic E-state index is 6.60. The van der Waals surface area contributed by atoms with Crippen LogP contribution in [0.1, 0.15) is 30.5 Å². The number of fused-ring (bicyclic) bond motifs is 2. The predicted molar refractivity (Wildman–Crippen MR) is 103 cm³/mol. The summed E-state index contributed by atoms with van der Waals surface area (Å²) in [4.78, 5) is 11.9. The van der Waals surface area contributed by atoms with Crippen LogP contribution >= 0.6 is 0 Å². The molecule has 0 atom stereocenters. The molecule has 0 bridgehead atoms. The highest BCUT2D eigenvalue weighted by atomic mass is 16.5. The normalized spacial score (nSPS) is 17.3. The van der Waals surface area contributed by atoms with E-state index in [2.05, 4.69) is 22.0 Å². The summed E-state index contributed by atoms with van der Waals surface area (Å²) in [6, 6.07) is 10.8. The van der Waals surface area contributed by atoms with Crippen molar-refractivity contribution in [2.45, 2.75) is 38.4 Å². The summed E-state index contributed by atoms with van der Waals surface area (Å²) in [5.41, 5.74) is 12.7. The van der Waals surface area contributed by atoms with Crippen molar-refractivity contribution in [2.75, 3.05) is 12.8 Å². The van der Waals surface area contributed by atoms with Crippen molar-refractivity contribution < 1.29 is 4.74 Å². The van der Waals surface area contributed by atoms with Gasteiger partial charge in [0.05, 0.1) is 18.3 Å². The lowest BCUT2D eigenvalue weighted by molar-refractivity contribution is 0.126. The third-order valence-corrected chi connectivity index (χ3v) is 5.81. The molecular weight excluding hydrogens is 324 g/mol. The largest absolute Gasteiger partial charge is 0.481 e. The molecule has 5 rings (SSSR count). The molecule has 0 saturated heterocycles. The molecule has 0 spiro atoms. The number of nitrogen functional groups attached to an aromatic ring is 1. The Morgan fingerprint density at radius 2 is 1.96 bits per heavy atom. The number of aromatic nitrogens is 2. The van der Waals surface area contributed by atoms with E-state index >= 15 is 0 Å². The van der Waals surface area contributed by atoms with Crippen LogP contribution in [-0.4, -0.2) is 28.0 Å². The zero-order valence-corrected chi connectivity index (χ0v) is 14.9. The molecule has 3 heterocycles. The van der Waals surface area contributed by atoms with Crippen molar-refractivity contribution in [3.05, 3.63) is 47.8 Å². The van der Waals surface area contributed by atoms with Crippen LogP contribution in [0.15, 0.2) is 36.5 Å². The van der Waals surface area contributed by atoms with Crippen molar-refractivity contribution in [1.29, 1.82) is 0 Å². The predicted octanol–water partition coefficient (Wildman–Crippen LogP) is 3.76. The molecule has 1 aliphatic carbocycles. The van der Waals surface area contributed by atoms with Crippen molar-refractivity contribution in [2.24, 2.45) is 0 Å². The highest BCUT2D eigenvalue weighted by Crippen LogP contribution is 2.40. The van der Waals surface area contributed by atoms with Gasteiger partial charge in [-0.05, 0) is 25.0 Å². The van der Waals surface area contributed by atoms with E-state index in [4.69, 9.17) is 15.5 Å². The number of pyridine rings is 2. The van der Waals surface area contributed by atoms with Crippen molar-refractivity contribution in [3.8, 4) is 17.0 Å². The summed E-state index contributed by atoms with van der Waals surface area (Å²) in [7, 11) is 1.65. The molecule has 3 aromatic rings. The molecule has 0 unspecified atom stereocenters. The monoisotopic (exact) mass is 346 g/mol. The molecule has 132 valence electrons. The molecular formula is C21H22N4O. The van der Waals surface area contributed by atoms with Crippen LogP contribution < -0.4 is 10.5 Å². The fourth-order valence-electron chi connectivity index (χ4n) is 4.15. The number of hydrogen-bond acceptors (Lipinski definition) is 5. The standard InChI is InChI=1S/C21H22N4O/c1-26-21-15(9-4-10-23-21)14-7-3-8-16-19(22)17-11-25(13-5-2-6-13)12-18(17)24-20(14)16/h3-4,7-10,13H,2,5-6,11-12H2,1H3,(H2,22,24). The van der Waals surface area contributed by atoms with Crippen LogP contribution in [0.2, 0.25) is 0 Å². The third-order valence-electron chi connectivity index (χ3n) is 5.81. The smallest absolute Gasteiger partial charge is 0.221 e. The number of ether oxygens (including phenoxy) is 1. The number of nitrogens with two attached hydrogens (primary N) is 1. The molecule has 0 radical (unpaired) electrons. The van der Waals surface area contributed by atoms with Crippen LogP contribution in [-0.2, 0) is 13.1 Å². The Morgan fingerprint density at radius 1 is 1.12 bits per heavy atom. The molecule has 26 heavy (non-hydrogen) atoms. The molecule has 2 aliphatic rings. The van der Waals surface area contributed by atoms with Gasteiger partial charge in [0.1, 0.15) is 0 Å². The minimum absolute atomic E-state index is 0.608. The van der Waals surface area contributed by atoms with E-state index in [1.165, 1.54) is 24.8 Å². The van der Waals surface area contributed by atoms with Crippen LogP contribution in [0, 0.1) is 0 Å². The topological polar surface area (TPSA) is 64.3 Å². The van der Waals surface area contributed by atoms with Crippen LogP contribution in [0.5, 0.6) is 5.88 Å². The first kappa shape index (κ1) is 15.6. The molecule has 1 aliphatic heterocycles. The highest BCUT2D eigenvalue weighted by Gasteiger charge is 2.32. The number of anilines is 1. The van der Waals surface area contributed by atoms with E-state index in [1.54, 1.807) is 13.3 Å². The average Bonchev–Trinajstić information content (AvgIpc) is 3.03. The summed E-state index contributed by atoms with van der Waals surface area (Å²) in [5.74, 6) is 0.608. The summed E-state index contributed by atoms with van der Waals surface area (Å²) in [6.45, 7) is 1.83. The number of para-hydroxylation sites is 1. The minimum Gasteiger partial charge on any atom is -0.481 e. The van der Waals surface area contributed by atoms with Crippen molar-refractivity contribution in [1.82, 2.24) is 14.9 Å². The Labute approximate surface area is 152 Å². The summed E-state index contributed by atoms with van der Waals surface area (Å²) >= 11 is 0. The quantitative estimate of drug-likeness (QED) is 0.782. The Hall–Kier alpha value is -2.66. The van der Waals surface area contributed by atoms with Gasteiger partial charge in [0.15, 0.2) is 0 Å². The third kappa shape index (κ3) is 2.27. The Morgan fingerprint density at radius 3 is 2.73 bits per heavy atom. The van der Waals surface area contributed by atoms with Gasteiger partial charge in [-0.1, -0.05) is 24.6 Å². The van der Waals surface area contributed by atoms with Gasteiger partial charge in [0.25, 0.3) is 0 Å². The van der Waals surface area contributed by atoms with Gasteiger partial charge in [-0.2, -0.15) is 0 Å². The zero-order valence-electron chi connectivity index (χ0n) is 14.9. The summed E-state index contributed by atoms with van der Waals surface area (Å²) < 4.78 is 5.46. The van der Waals surface area contributed by atoms with Gasteiger partial charge >= 0.3 is 0 Å². The van der Waals surface area contributed by atoms with Crippen molar-refractivity contribution >= 4 is 16.6 Å². The molecule has 1 saturated carbocycles. The highest BCUT2D eigenvalue weighted by molar-refractivity contribution is 6.01. The first-order valence-electron chi connectivity index (χ1n) is 9.19. The molecule has 0 amide bonds. The second-order valence-corrected chi connectivity index (χ2v) is 7.20.